The summed E-state index contributed by atoms with van der Waals surface area (Å²) in [5, 5.41) is 9.18. The first kappa shape index (κ1) is 17.5. The zero-order valence-electron chi connectivity index (χ0n) is 13.8. The van der Waals surface area contributed by atoms with Crippen molar-refractivity contribution in [3.63, 3.8) is 0 Å². The SMILES string of the molecule is O=C(CCO)SC(c1ccccc1)(c1ccccc1)c1ccccc1. The topological polar surface area (TPSA) is 37.3 Å². The largest absolute Gasteiger partial charge is 0.396 e. The Kier molecular flexibility index (Phi) is 5.69. The average molecular weight is 348 g/mol. The van der Waals surface area contributed by atoms with Crippen molar-refractivity contribution in [3.8, 4) is 0 Å². The van der Waals surface area contributed by atoms with Gasteiger partial charge in [0, 0.05) is 6.42 Å². The van der Waals surface area contributed by atoms with Crippen molar-refractivity contribution < 1.29 is 9.90 Å². The summed E-state index contributed by atoms with van der Waals surface area (Å²) in [5.74, 6) is 0. The highest BCUT2D eigenvalue weighted by Crippen LogP contribution is 2.48. The van der Waals surface area contributed by atoms with E-state index in [9.17, 15) is 9.90 Å². The molecule has 0 aliphatic heterocycles. The van der Waals surface area contributed by atoms with Crippen LogP contribution in [0.4, 0.5) is 0 Å². The van der Waals surface area contributed by atoms with Crippen molar-refractivity contribution in [1.82, 2.24) is 0 Å². The maximum absolute atomic E-state index is 12.6. The Balaban J connectivity index is 2.26. The van der Waals surface area contributed by atoms with Gasteiger partial charge in [-0.1, -0.05) is 103 Å². The molecule has 3 rings (SSSR count). The molecule has 0 spiro atoms. The second-order valence-electron chi connectivity index (χ2n) is 5.73. The molecule has 0 saturated carbocycles. The monoisotopic (exact) mass is 348 g/mol. The van der Waals surface area contributed by atoms with E-state index in [4.69, 9.17) is 0 Å². The molecule has 0 atom stereocenters. The summed E-state index contributed by atoms with van der Waals surface area (Å²) in [6, 6.07) is 30.2. The average Bonchev–Trinajstić information content (AvgIpc) is 2.68. The van der Waals surface area contributed by atoms with E-state index in [-0.39, 0.29) is 18.1 Å². The van der Waals surface area contributed by atoms with Crippen LogP contribution in [0.3, 0.4) is 0 Å². The van der Waals surface area contributed by atoms with Gasteiger partial charge >= 0.3 is 0 Å². The summed E-state index contributed by atoms with van der Waals surface area (Å²) in [7, 11) is 0. The van der Waals surface area contributed by atoms with E-state index >= 15 is 0 Å². The van der Waals surface area contributed by atoms with Gasteiger partial charge in [-0.2, -0.15) is 0 Å². The van der Waals surface area contributed by atoms with E-state index in [0.29, 0.717) is 0 Å². The highest BCUT2D eigenvalue weighted by Gasteiger charge is 2.39. The van der Waals surface area contributed by atoms with Crippen molar-refractivity contribution in [2.24, 2.45) is 0 Å². The molecule has 2 nitrogen and oxygen atoms in total. The van der Waals surface area contributed by atoms with Crippen LogP contribution in [0.2, 0.25) is 0 Å². The number of aliphatic hydroxyl groups excluding tert-OH is 1. The number of hydrogen-bond donors (Lipinski definition) is 1. The molecule has 0 amide bonds. The Hall–Kier alpha value is -2.36. The van der Waals surface area contributed by atoms with Gasteiger partial charge in [0.05, 0.1) is 11.4 Å². The van der Waals surface area contributed by atoms with E-state index in [1.165, 1.54) is 11.8 Å². The van der Waals surface area contributed by atoms with Crippen molar-refractivity contribution in [2.75, 3.05) is 6.61 Å². The van der Waals surface area contributed by atoms with Crippen molar-refractivity contribution >= 4 is 16.9 Å². The molecule has 3 aromatic carbocycles. The molecule has 0 aromatic heterocycles. The molecule has 0 aliphatic carbocycles. The van der Waals surface area contributed by atoms with Gasteiger partial charge in [0.1, 0.15) is 0 Å². The van der Waals surface area contributed by atoms with E-state index in [0.717, 1.165) is 16.7 Å². The molecule has 1 N–H and O–H groups in total. The van der Waals surface area contributed by atoms with Crippen LogP contribution in [-0.4, -0.2) is 16.8 Å². The summed E-state index contributed by atoms with van der Waals surface area (Å²) < 4.78 is -0.643. The third kappa shape index (κ3) is 3.68. The van der Waals surface area contributed by atoms with Crippen LogP contribution >= 0.6 is 11.8 Å². The minimum absolute atomic E-state index is 0.0286. The van der Waals surface area contributed by atoms with Crippen LogP contribution in [0.1, 0.15) is 23.1 Å². The Morgan fingerprint density at radius 1 is 0.720 bits per heavy atom. The first-order valence-electron chi connectivity index (χ1n) is 8.26. The first-order chi connectivity index (χ1) is 12.3. The van der Waals surface area contributed by atoms with Crippen LogP contribution in [0.15, 0.2) is 91.0 Å². The standard InChI is InChI=1S/C22H20O2S/c23-17-16-21(24)25-22(18-10-4-1-5-11-18,19-12-6-2-7-13-19)20-14-8-3-9-15-20/h1-15,23H,16-17H2. The van der Waals surface area contributed by atoms with Crippen molar-refractivity contribution in [2.45, 2.75) is 11.2 Å². The lowest BCUT2D eigenvalue weighted by Crippen LogP contribution is -2.27. The molecule has 3 aromatic rings. The molecule has 0 heterocycles. The fraction of sp³-hybridized carbons (Fsp3) is 0.136. The van der Waals surface area contributed by atoms with Gasteiger partial charge in [-0.25, -0.2) is 0 Å². The van der Waals surface area contributed by atoms with E-state index < -0.39 is 4.75 Å². The minimum atomic E-state index is -0.643. The van der Waals surface area contributed by atoms with Gasteiger partial charge in [0.2, 0.25) is 0 Å². The van der Waals surface area contributed by atoms with Crippen LogP contribution < -0.4 is 0 Å². The van der Waals surface area contributed by atoms with Gasteiger partial charge in [0.15, 0.2) is 5.12 Å². The number of carbonyl (C=O) groups excluding carboxylic acids is 1. The molecule has 0 aliphatic rings. The third-order valence-corrected chi connectivity index (χ3v) is 5.57. The van der Waals surface area contributed by atoms with Crippen LogP contribution in [0.5, 0.6) is 0 Å². The predicted octanol–water partition coefficient (Wildman–Crippen LogP) is 4.62. The number of rotatable bonds is 6. The number of thioether (sulfide) groups is 1. The molecule has 3 heteroatoms. The number of benzene rings is 3. The molecule has 0 radical (unpaired) electrons. The summed E-state index contributed by atoms with van der Waals surface area (Å²) in [6.07, 6.45) is 0.138. The molecular weight excluding hydrogens is 328 g/mol. The Bertz CT molecular complexity index is 705. The lowest BCUT2D eigenvalue weighted by atomic mass is 9.84. The van der Waals surface area contributed by atoms with Gasteiger partial charge < -0.3 is 5.11 Å². The quantitative estimate of drug-likeness (QED) is 0.661. The molecular formula is C22H20O2S. The molecule has 0 fully saturated rings. The number of hydrogen-bond acceptors (Lipinski definition) is 3. The lowest BCUT2D eigenvalue weighted by molar-refractivity contribution is -0.111. The fourth-order valence-corrected chi connectivity index (χ4v) is 4.31. The Labute approximate surface area is 152 Å². The van der Waals surface area contributed by atoms with E-state index in [1.54, 1.807) is 0 Å². The molecule has 0 bridgehead atoms. The zero-order chi connectivity index (χ0) is 17.5. The summed E-state index contributed by atoms with van der Waals surface area (Å²) in [5.41, 5.74) is 3.14. The van der Waals surface area contributed by atoms with Crippen molar-refractivity contribution in [1.29, 1.82) is 0 Å². The molecule has 0 saturated heterocycles. The lowest BCUT2D eigenvalue weighted by Gasteiger charge is -2.34. The van der Waals surface area contributed by atoms with Crippen LogP contribution in [0, 0.1) is 0 Å². The van der Waals surface area contributed by atoms with E-state index in [2.05, 4.69) is 36.4 Å². The molecule has 25 heavy (non-hydrogen) atoms. The second kappa shape index (κ2) is 8.15. The van der Waals surface area contributed by atoms with Crippen LogP contribution in [-0.2, 0) is 9.54 Å². The smallest absolute Gasteiger partial charge is 0.192 e. The van der Waals surface area contributed by atoms with Gasteiger partial charge in [-0.05, 0) is 16.7 Å². The van der Waals surface area contributed by atoms with E-state index in [1.807, 2.05) is 54.6 Å². The number of aliphatic hydroxyl groups is 1. The summed E-state index contributed by atoms with van der Waals surface area (Å²) in [4.78, 5) is 12.6. The minimum Gasteiger partial charge on any atom is -0.396 e. The van der Waals surface area contributed by atoms with Crippen LogP contribution in [0.25, 0.3) is 0 Å². The predicted molar refractivity (Wildman–Crippen MR) is 104 cm³/mol. The maximum atomic E-state index is 12.6. The normalized spacial score (nSPS) is 11.2. The van der Waals surface area contributed by atoms with Gasteiger partial charge in [-0.15, -0.1) is 0 Å². The molecule has 0 unspecified atom stereocenters. The highest BCUT2D eigenvalue weighted by atomic mass is 32.2. The zero-order valence-corrected chi connectivity index (χ0v) is 14.7. The van der Waals surface area contributed by atoms with Crippen molar-refractivity contribution in [3.05, 3.63) is 108 Å². The summed E-state index contributed by atoms with van der Waals surface area (Å²) in [6.45, 7) is -0.139. The highest BCUT2D eigenvalue weighted by molar-refractivity contribution is 8.14. The third-order valence-electron chi connectivity index (χ3n) is 4.12. The fourth-order valence-electron chi connectivity index (χ4n) is 3.01. The molecule has 126 valence electrons. The van der Waals surface area contributed by atoms with Gasteiger partial charge in [0.25, 0.3) is 0 Å². The maximum Gasteiger partial charge on any atom is 0.192 e. The number of carbonyl (C=O) groups is 1. The Morgan fingerprint density at radius 3 is 1.40 bits per heavy atom. The summed E-state index contributed by atoms with van der Waals surface area (Å²) >= 11 is 1.28. The van der Waals surface area contributed by atoms with Gasteiger partial charge in [-0.3, -0.25) is 4.79 Å². The Morgan fingerprint density at radius 2 is 1.08 bits per heavy atom. The first-order valence-corrected chi connectivity index (χ1v) is 9.08. The second-order valence-corrected chi connectivity index (χ2v) is 7.00.